The predicted octanol–water partition coefficient (Wildman–Crippen LogP) is 4.23. The third-order valence-corrected chi connectivity index (χ3v) is 8.17. The van der Waals surface area contributed by atoms with Crippen LogP contribution in [-0.2, 0) is 21.3 Å². The van der Waals surface area contributed by atoms with E-state index < -0.39 is 6.04 Å². The Bertz CT molecular complexity index is 1430. The Morgan fingerprint density at radius 2 is 1.98 bits per heavy atom. The fourth-order valence-corrected chi connectivity index (χ4v) is 6.06. The highest BCUT2D eigenvalue weighted by Crippen LogP contribution is 2.44. The van der Waals surface area contributed by atoms with Gasteiger partial charge in [0, 0.05) is 45.4 Å². The zero-order chi connectivity index (χ0) is 30.7. The lowest BCUT2D eigenvalue weighted by Crippen LogP contribution is -2.53. The van der Waals surface area contributed by atoms with Crippen LogP contribution in [0.5, 0.6) is 0 Å². The molecule has 0 bridgehead atoms. The molecule has 0 radical (unpaired) electrons. The molecule has 3 aliphatic rings. The van der Waals surface area contributed by atoms with E-state index in [1.165, 1.54) is 7.11 Å². The summed E-state index contributed by atoms with van der Waals surface area (Å²) in [4.78, 5) is 34.3. The van der Waals surface area contributed by atoms with Gasteiger partial charge in [0.1, 0.15) is 6.61 Å². The number of methoxy groups -OCH3 is 1. The molecule has 230 valence electrons. The van der Waals surface area contributed by atoms with Crippen molar-refractivity contribution < 1.29 is 19.1 Å². The molecule has 1 aromatic heterocycles. The van der Waals surface area contributed by atoms with Gasteiger partial charge in [-0.05, 0) is 52.1 Å². The first-order valence-electron chi connectivity index (χ1n) is 14.6. The van der Waals surface area contributed by atoms with Crippen LogP contribution < -0.4 is 10.6 Å². The molecule has 43 heavy (non-hydrogen) atoms. The van der Waals surface area contributed by atoms with Gasteiger partial charge in [-0.25, -0.2) is 9.78 Å². The van der Waals surface area contributed by atoms with Crippen molar-refractivity contribution in [2.45, 2.75) is 38.9 Å². The third kappa shape index (κ3) is 6.98. The van der Waals surface area contributed by atoms with Crippen molar-refractivity contribution in [2.75, 3.05) is 46.5 Å². The Labute approximate surface area is 258 Å². The number of imidazole rings is 1. The van der Waals surface area contributed by atoms with Crippen LogP contribution in [0.25, 0.3) is 5.57 Å². The van der Waals surface area contributed by atoms with Crippen LogP contribution in [0.15, 0.2) is 60.7 Å². The minimum absolute atomic E-state index is 0.0631. The summed E-state index contributed by atoms with van der Waals surface area (Å²) in [6.45, 7) is 8.95. The number of hydrogen-bond acceptors (Lipinski definition) is 7. The number of hydrogen-bond donors (Lipinski definition) is 2. The molecule has 2 amide bonds. The lowest BCUT2D eigenvalue weighted by atomic mass is 9.88. The summed E-state index contributed by atoms with van der Waals surface area (Å²) in [7, 11) is 3.42. The van der Waals surface area contributed by atoms with Gasteiger partial charge in [-0.15, -0.1) is 0 Å². The molecule has 2 N–H and O–H groups in total. The number of halogens is 1. The number of piperazine rings is 1. The van der Waals surface area contributed by atoms with Crippen molar-refractivity contribution in [3.8, 4) is 0 Å². The SMILES string of the molecule is COCC(=O)N[C@H](C1=CC2=CC=CNC2[C@@H](N2CCN(C(=O)OCC(C)(C)C)CC2)c2ccc(Cl)cc21)c1cncn1C. The van der Waals surface area contributed by atoms with Crippen LogP contribution >= 0.6 is 11.6 Å². The number of aryl methyl sites for hydroxylation is 1. The summed E-state index contributed by atoms with van der Waals surface area (Å²) < 4.78 is 12.7. The van der Waals surface area contributed by atoms with Crippen molar-refractivity contribution >= 4 is 29.2 Å². The molecule has 1 unspecified atom stereocenters. The number of allylic oxidation sites excluding steroid dienone is 2. The van der Waals surface area contributed by atoms with E-state index in [1.807, 2.05) is 36.0 Å². The first kappa shape index (κ1) is 30.8. The number of dihydropyridines is 1. The van der Waals surface area contributed by atoms with Gasteiger partial charge in [-0.3, -0.25) is 9.69 Å². The molecule has 1 fully saturated rings. The molecule has 3 atom stereocenters. The van der Waals surface area contributed by atoms with Crippen LogP contribution in [0, 0.1) is 5.41 Å². The molecule has 3 heterocycles. The van der Waals surface area contributed by atoms with E-state index >= 15 is 0 Å². The molecular formula is C32H41ClN6O4. The molecule has 1 aromatic carbocycles. The molecule has 0 spiro atoms. The highest BCUT2D eigenvalue weighted by molar-refractivity contribution is 6.30. The summed E-state index contributed by atoms with van der Waals surface area (Å²) in [5, 5.41) is 7.38. The number of amides is 2. The summed E-state index contributed by atoms with van der Waals surface area (Å²) >= 11 is 6.65. The van der Waals surface area contributed by atoms with Gasteiger partial charge in [0.25, 0.3) is 0 Å². The Morgan fingerprint density at radius 3 is 2.65 bits per heavy atom. The minimum Gasteiger partial charge on any atom is -0.449 e. The largest absolute Gasteiger partial charge is 0.449 e. The Morgan fingerprint density at radius 1 is 1.21 bits per heavy atom. The molecule has 11 heteroatoms. The minimum atomic E-state index is -0.506. The third-order valence-electron chi connectivity index (χ3n) is 7.94. The molecule has 0 saturated carbocycles. The van der Waals surface area contributed by atoms with Crippen molar-refractivity contribution in [3.05, 3.63) is 82.6 Å². The lowest BCUT2D eigenvalue weighted by Gasteiger charge is -2.43. The maximum atomic E-state index is 12.9. The van der Waals surface area contributed by atoms with E-state index in [2.05, 4.69) is 59.5 Å². The Kier molecular flexibility index (Phi) is 9.29. The topological polar surface area (TPSA) is 101 Å². The number of rotatable bonds is 7. The number of carbonyl (C=O) groups excluding carboxylic acids is 2. The number of nitrogens with zero attached hydrogens (tertiary/aromatic N) is 4. The van der Waals surface area contributed by atoms with Gasteiger partial charge in [0.15, 0.2) is 0 Å². The molecule has 1 saturated heterocycles. The van der Waals surface area contributed by atoms with Gasteiger partial charge < -0.3 is 29.6 Å². The molecule has 1 aliphatic carbocycles. The molecule has 2 aromatic rings. The first-order valence-corrected chi connectivity index (χ1v) is 15.0. The number of aromatic nitrogens is 2. The van der Waals surface area contributed by atoms with Gasteiger partial charge in [0.05, 0.1) is 43.0 Å². The Balaban J connectivity index is 1.52. The first-order chi connectivity index (χ1) is 20.6. The lowest BCUT2D eigenvalue weighted by molar-refractivity contribution is -0.125. The van der Waals surface area contributed by atoms with Crippen LogP contribution in [0.4, 0.5) is 4.79 Å². The zero-order valence-electron chi connectivity index (χ0n) is 25.5. The molecule has 10 nitrogen and oxygen atoms in total. The fourth-order valence-electron chi connectivity index (χ4n) is 5.89. The van der Waals surface area contributed by atoms with E-state index in [-0.39, 0.29) is 36.1 Å². The van der Waals surface area contributed by atoms with Crippen molar-refractivity contribution in [2.24, 2.45) is 12.5 Å². The summed E-state index contributed by atoms with van der Waals surface area (Å²) in [6.07, 6.45) is 11.5. The van der Waals surface area contributed by atoms with Crippen molar-refractivity contribution in [3.63, 3.8) is 0 Å². The van der Waals surface area contributed by atoms with Crippen LogP contribution in [0.1, 0.15) is 49.7 Å². The second-order valence-electron chi connectivity index (χ2n) is 12.4. The second kappa shape index (κ2) is 13.0. The van der Waals surface area contributed by atoms with Crippen LogP contribution in [-0.4, -0.2) is 83.9 Å². The van der Waals surface area contributed by atoms with Crippen molar-refractivity contribution in [1.29, 1.82) is 0 Å². The highest BCUT2D eigenvalue weighted by Gasteiger charge is 2.39. The smallest absolute Gasteiger partial charge is 0.409 e. The number of fused-ring (bicyclic) bond motifs is 2. The zero-order valence-corrected chi connectivity index (χ0v) is 26.2. The van der Waals surface area contributed by atoms with E-state index in [9.17, 15) is 9.59 Å². The number of ether oxygens (including phenoxy) is 2. The van der Waals surface area contributed by atoms with Crippen molar-refractivity contribution in [1.82, 2.24) is 30.0 Å². The van der Waals surface area contributed by atoms with E-state index in [1.54, 1.807) is 17.4 Å². The van der Waals surface area contributed by atoms with Crippen LogP contribution in [0.3, 0.4) is 0 Å². The summed E-state index contributed by atoms with van der Waals surface area (Å²) in [6, 6.07) is 5.34. The maximum Gasteiger partial charge on any atom is 0.409 e. The fraction of sp³-hybridized carbons (Fsp3) is 0.469. The standard InChI is InChI=1S/C32H41ClN6O4/c1-32(2,3)19-43-31(41)39-13-11-38(12-14-39)30-23-9-8-22(33)16-24(23)25(15-21-7-6-10-35-28(21)30)29(36-27(40)18-42-5)26-17-34-20-37(26)4/h6-10,15-17,20,28-30,35H,11-14,18-19H2,1-5H3,(H,36,40)/t28?,29-,30+/m1/s1. The summed E-state index contributed by atoms with van der Waals surface area (Å²) in [5.74, 6) is -0.236. The Hall–Kier alpha value is -3.60. The number of benzene rings is 1. The van der Waals surface area contributed by atoms with E-state index in [4.69, 9.17) is 21.1 Å². The molecule has 2 aliphatic heterocycles. The number of carbonyl (C=O) groups is 2. The average molecular weight is 609 g/mol. The van der Waals surface area contributed by atoms with Gasteiger partial charge >= 0.3 is 6.09 Å². The molecular weight excluding hydrogens is 568 g/mol. The summed E-state index contributed by atoms with van der Waals surface area (Å²) in [5.41, 5.74) is 4.77. The normalized spacial score (nSPS) is 21.0. The van der Waals surface area contributed by atoms with Crippen LogP contribution in [0.2, 0.25) is 5.02 Å². The predicted molar refractivity (Wildman–Crippen MR) is 166 cm³/mol. The van der Waals surface area contributed by atoms with Gasteiger partial charge in [-0.2, -0.15) is 0 Å². The monoisotopic (exact) mass is 608 g/mol. The second-order valence-corrected chi connectivity index (χ2v) is 12.9. The maximum absolute atomic E-state index is 12.9. The number of nitrogens with one attached hydrogen (secondary N) is 2. The van der Waals surface area contributed by atoms with Gasteiger partial charge in [-0.1, -0.05) is 50.6 Å². The molecule has 5 rings (SSSR count). The highest BCUT2D eigenvalue weighted by atomic mass is 35.5. The van der Waals surface area contributed by atoms with E-state index in [0.29, 0.717) is 37.8 Å². The average Bonchev–Trinajstić information content (AvgIpc) is 3.34. The van der Waals surface area contributed by atoms with Gasteiger partial charge in [0.2, 0.25) is 5.91 Å². The quantitative estimate of drug-likeness (QED) is 0.485. The van der Waals surface area contributed by atoms with E-state index in [0.717, 1.165) is 28.0 Å².